The predicted molar refractivity (Wildman–Crippen MR) is 96.0 cm³/mol. The molecule has 0 saturated heterocycles. The van der Waals surface area contributed by atoms with E-state index in [2.05, 4.69) is 50.4 Å². The van der Waals surface area contributed by atoms with Gasteiger partial charge in [-0.2, -0.15) is 0 Å². The van der Waals surface area contributed by atoms with Gasteiger partial charge in [0.2, 0.25) is 0 Å². The van der Waals surface area contributed by atoms with E-state index in [1.807, 2.05) is 20.2 Å². The van der Waals surface area contributed by atoms with Crippen LogP contribution in [0.2, 0.25) is 5.02 Å². The van der Waals surface area contributed by atoms with Crippen LogP contribution in [0.5, 0.6) is 0 Å². The molecule has 3 nitrogen and oxygen atoms in total. The van der Waals surface area contributed by atoms with E-state index in [1.165, 1.54) is 5.56 Å². The van der Waals surface area contributed by atoms with E-state index in [4.69, 9.17) is 11.6 Å². The minimum Gasteiger partial charge on any atom is -0.378 e. The molecule has 0 heterocycles. The van der Waals surface area contributed by atoms with Crippen LogP contribution in [0, 0.1) is 0 Å². The summed E-state index contributed by atoms with van der Waals surface area (Å²) in [5, 5.41) is 3.35. The average molecular weight is 382 g/mol. The van der Waals surface area contributed by atoms with Crippen molar-refractivity contribution in [2.75, 3.05) is 25.5 Å². The fourth-order valence-electron chi connectivity index (χ4n) is 2.05. The predicted octanol–water partition coefficient (Wildman–Crippen LogP) is 4.14. The third-order valence-corrected chi connectivity index (χ3v) is 4.15. The molecule has 0 bridgehead atoms. The maximum Gasteiger partial charge on any atom is 0.252 e. The lowest BCUT2D eigenvalue weighted by molar-refractivity contribution is 0.0954. The SMILES string of the molecule is CN(C)c1ccc(CCNC(=O)c2cc(Br)ccc2Cl)cc1. The zero-order valence-corrected chi connectivity index (χ0v) is 14.9. The second-order valence-electron chi connectivity index (χ2n) is 5.19. The van der Waals surface area contributed by atoms with Crippen molar-refractivity contribution in [3.05, 3.63) is 63.1 Å². The van der Waals surface area contributed by atoms with Crippen molar-refractivity contribution < 1.29 is 4.79 Å². The summed E-state index contributed by atoms with van der Waals surface area (Å²) in [6, 6.07) is 13.5. The Morgan fingerprint density at radius 2 is 1.86 bits per heavy atom. The number of halogens is 2. The van der Waals surface area contributed by atoms with Crippen molar-refractivity contribution in [1.29, 1.82) is 0 Å². The van der Waals surface area contributed by atoms with Gasteiger partial charge in [-0.3, -0.25) is 4.79 Å². The van der Waals surface area contributed by atoms with Crippen LogP contribution in [0.15, 0.2) is 46.9 Å². The Hall–Kier alpha value is -1.52. The number of carbonyl (C=O) groups excluding carboxylic acids is 1. The lowest BCUT2D eigenvalue weighted by Gasteiger charge is -2.13. The zero-order valence-electron chi connectivity index (χ0n) is 12.6. The molecule has 116 valence electrons. The summed E-state index contributed by atoms with van der Waals surface area (Å²) in [6.07, 6.45) is 0.783. The van der Waals surface area contributed by atoms with Gasteiger partial charge in [-0.15, -0.1) is 0 Å². The molecule has 0 aromatic heterocycles. The zero-order chi connectivity index (χ0) is 16.1. The summed E-state index contributed by atoms with van der Waals surface area (Å²) in [4.78, 5) is 14.2. The van der Waals surface area contributed by atoms with Crippen molar-refractivity contribution in [3.63, 3.8) is 0 Å². The number of benzene rings is 2. The van der Waals surface area contributed by atoms with E-state index in [1.54, 1.807) is 12.1 Å². The Labute approximate surface area is 144 Å². The summed E-state index contributed by atoms with van der Waals surface area (Å²) in [6.45, 7) is 0.572. The van der Waals surface area contributed by atoms with Crippen molar-refractivity contribution >= 4 is 39.1 Å². The van der Waals surface area contributed by atoms with E-state index in [9.17, 15) is 4.79 Å². The van der Waals surface area contributed by atoms with Gasteiger partial charge in [0.1, 0.15) is 0 Å². The number of nitrogens with zero attached hydrogens (tertiary/aromatic N) is 1. The van der Waals surface area contributed by atoms with Crippen molar-refractivity contribution in [2.45, 2.75) is 6.42 Å². The molecule has 0 radical (unpaired) electrons. The molecular weight excluding hydrogens is 364 g/mol. The molecule has 0 saturated carbocycles. The minimum absolute atomic E-state index is 0.156. The van der Waals surface area contributed by atoms with Gasteiger partial charge in [0.25, 0.3) is 5.91 Å². The van der Waals surface area contributed by atoms with Crippen molar-refractivity contribution in [1.82, 2.24) is 5.32 Å². The Balaban J connectivity index is 1.90. The van der Waals surface area contributed by atoms with Gasteiger partial charge in [0.05, 0.1) is 10.6 Å². The van der Waals surface area contributed by atoms with Crippen LogP contribution in [-0.2, 0) is 6.42 Å². The van der Waals surface area contributed by atoms with Gasteiger partial charge in [0, 0.05) is 30.8 Å². The number of hydrogen-bond donors (Lipinski definition) is 1. The number of carbonyl (C=O) groups is 1. The molecule has 0 unspecified atom stereocenters. The summed E-state index contributed by atoms with van der Waals surface area (Å²) in [5.41, 5.74) is 2.83. The Morgan fingerprint density at radius 1 is 1.18 bits per heavy atom. The fraction of sp³-hybridized carbons (Fsp3) is 0.235. The summed E-state index contributed by atoms with van der Waals surface area (Å²) in [5.74, 6) is -0.156. The molecule has 0 atom stereocenters. The first-order valence-corrected chi connectivity index (χ1v) is 8.14. The molecule has 0 aliphatic heterocycles. The smallest absolute Gasteiger partial charge is 0.252 e. The first kappa shape index (κ1) is 16.8. The molecule has 1 N–H and O–H groups in total. The van der Waals surface area contributed by atoms with Crippen molar-refractivity contribution in [3.8, 4) is 0 Å². The first-order valence-electron chi connectivity index (χ1n) is 6.97. The van der Waals surface area contributed by atoms with Crippen LogP contribution in [0.3, 0.4) is 0 Å². The molecule has 2 aromatic rings. The van der Waals surface area contributed by atoms with Gasteiger partial charge in [-0.25, -0.2) is 0 Å². The summed E-state index contributed by atoms with van der Waals surface area (Å²) in [7, 11) is 4.02. The maximum absolute atomic E-state index is 12.1. The lowest BCUT2D eigenvalue weighted by atomic mass is 10.1. The Kier molecular flexibility index (Phi) is 5.86. The summed E-state index contributed by atoms with van der Waals surface area (Å²) >= 11 is 9.39. The molecule has 5 heteroatoms. The largest absolute Gasteiger partial charge is 0.378 e. The van der Waals surface area contributed by atoms with Crippen LogP contribution in [0.1, 0.15) is 15.9 Å². The Morgan fingerprint density at radius 3 is 2.50 bits per heavy atom. The van der Waals surface area contributed by atoms with E-state index in [0.29, 0.717) is 17.1 Å². The topological polar surface area (TPSA) is 32.3 Å². The molecule has 2 rings (SSSR count). The highest BCUT2D eigenvalue weighted by atomic mass is 79.9. The highest BCUT2D eigenvalue weighted by Crippen LogP contribution is 2.20. The Bertz CT molecular complexity index is 656. The third kappa shape index (κ3) is 4.49. The number of rotatable bonds is 5. The normalized spacial score (nSPS) is 10.4. The van der Waals surface area contributed by atoms with E-state index < -0.39 is 0 Å². The average Bonchev–Trinajstić information content (AvgIpc) is 2.50. The number of nitrogens with one attached hydrogen (secondary N) is 1. The van der Waals surface area contributed by atoms with Gasteiger partial charge >= 0.3 is 0 Å². The minimum atomic E-state index is -0.156. The standard InChI is InChI=1S/C17H18BrClN2O/c1-21(2)14-6-3-12(4-7-14)9-10-20-17(22)15-11-13(18)5-8-16(15)19/h3-8,11H,9-10H2,1-2H3,(H,20,22). The molecule has 0 fully saturated rings. The van der Waals surface area contributed by atoms with Gasteiger partial charge < -0.3 is 10.2 Å². The highest BCUT2D eigenvalue weighted by Gasteiger charge is 2.10. The molecule has 22 heavy (non-hydrogen) atoms. The quantitative estimate of drug-likeness (QED) is 0.844. The highest BCUT2D eigenvalue weighted by molar-refractivity contribution is 9.10. The number of hydrogen-bond acceptors (Lipinski definition) is 2. The number of amides is 1. The number of anilines is 1. The molecule has 0 aliphatic carbocycles. The van der Waals surface area contributed by atoms with Crippen LogP contribution in [-0.4, -0.2) is 26.5 Å². The third-order valence-electron chi connectivity index (χ3n) is 3.33. The van der Waals surface area contributed by atoms with Gasteiger partial charge in [-0.05, 0) is 42.3 Å². The summed E-state index contributed by atoms with van der Waals surface area (Å²) < 4.78 is 0.835. The molecule has 0 aliphatic rings. The van der Waals surface area contributed by atoms with Crippen LogP contribution < -0.4 is 10.2 Å². The van der Waals surface area contributed by atoms with Crippen LogP contribution in [0.25, 0.3) is 0 Å². The molecule has 0 spiro atoms. The molecule has 2 aromatic carbocycles. The van der Waals surface area contributed by atoms with E-state index >= 15 is 0 Å². The van der Waals surface area contributed by atoms with Crippen LogP contribution >= 0.6 is 27.5 Å². The van der Waals surface area contributed by atoms with Crippen LogP contribution in [0.4, 0.5) is 5.69 Å². The molecular formula is C17H18BrClN2O. The van der Waals surface area contributed by atoms with Gasteiger partial charge in [-0.1, -0.05) is 39.7 Å². The van der Waals surface area contributed by atoms with E-state index in [0.717, 1.165) is 16.6 Å². The lowest BCUT2D eigenvalue weighted by Crippen LogP contribution is -2.26. The van der Waals surface area contributed by atoms with Crippen molar-refractivity contribution in [2.24, 2.45) is 0 Å². The maximum atomic E-state index is 12.1. The molecule has 1 amide bonds. The fourth-order valence-corrected chi connectivity index (χ4v) is 2.61. The second-order valence-corrected chi connectivity index (χ2v) is 6.51. The first-order chi connectivity index (χ1) is 10.5. The van der Waals surface area contributed by atoms with E-state index in [-0.39, 0.29) is 5.91 Å². The second kappa shape index (κ2) is 7.65. The van der Waals surface area contributed by atoms with Gasteiger partial charge in [0.15, 0.2) is 0 Å². The monoisotopic (exact) mass is 380 g/mol.